The van der Waals surface area contributed by atoms with E-state index >= 15 is 0 Å². The second-order valence-corrected chi connectivity index (χ2v) is 4.87. The predicted octanol–water partition coefficient (Wildman–Crippen LogP) is 3.54. The predicted molar refractivity (Wildman–Crippen MR) is 72.2 cm³/mol. The third-order valence-corrected chi connectivity index (χ3v) is 3.23. The third kappa shape index (κ3) is 2.54. The van der Waals surface area contributed by atoms with Crippen LogP contribution in [0.5, 0.6) is 0 Å². The van der Waals surface area contributed by atoms with E-state index in [1.807, 2.05) is 26.0 Å². The molecule has 5 heteroatoms. The van der Waals surface area contributed by atoms with Crippen LogP contribution in [0.4, 0.5) is 5.69 Å². The molecule has 0 aliphatic heterocycles. The summed E-state index contributed by atoms with van der Waals surface area (Å²) in [6.45, 7) is 4.38. The molecule has 0 aliphatic rings. The van der Waals surface area contributed by atoms with Gasteiger partial charge >= 0.3 is 0 Å². The molecule has 0 fully saturated rings. The Hall–Kier alpha value is -1.80. The molecule has 0 spiro atoms. The van der Waals surface area contributed by atoms with E-state index in [-0.39, 0.29) is 0 Å². The van der Waals surface area contributed by atoms with E-state index in [9.17, 15) is 0 Å². The van der Waals surface area contributed by atoms with Crippen molar-refractivity contribution in [2.24, 2.45) is 0 Å². The minimum atomic E-state index is 0.595. The van der Waals surface area contributed by atoms with E-state index in [4.69, 9.17) is 9.78 Å². The van der Waals surface area contributed by atoms with Crippen LogP contribution in [0.1, 0.15) is 22.6 Å². The lowest BCUT2D eigenvalue weighted by Crippen LogP contribution is -2.03. The Bertz CT molecular complexity index is 594. The molecular formula is C13H12BrN3O. The number of benzene rings is 1. The number of halogens is 1. The molecule has 4 nitrogen and oxygen atoms in total. The Morgan fingerprint density at radius 3 is 2.83 bits per heavy atom. The van der Waals surface area contributed by atoms with E-state index in [0.29, 0.717) is 12.1 Å². The van der Waals surface area contributed by atoms with Gasteiger partial charge in [0, 0.05) is 16.6 Å². The summed E-state index contributed by atoms with van der Waals surface area (Å²) in [4.78, 5) is 0. The molecule has 0 amide bonds. The van der Waals surface area contributed by atoms with Crippen molar-refractivity contribution in [1.29, 1.82) is 5.26 Å². The van der Waals surface area contributed by atoms with Crippen molar-refractivity contribution in [3.8, 4) is 6.07 Å². The molecule has 1 aromatic carbocycles. The normalized spacial score (nSPS) is 10.1. The highest BCUT2D eigenvalue weighted by Gasteiger charge is 2.09. The fourth-order valence-electron chi connectivity index (χ4n) is 1.70. The van der Waals surface area contributed by atoms with Gasteiger partial charge in [0.2, 0.25) is 0 Å². The zero-order chi connectivity index (χ0) is 13.1. The van der Waals surface area contributed by atoms with Crippen molar-refractivity contribution >= 4 is 21.6 Å². The molecule has 0 saturated carbocycles. The summed E-state index contributed by atoms with van der Waals surface area (Å²) in [6, 6.07) is 7.73. The topological polar surface area (TPSA) is 61.9 Å². The molecule has 2 aromatic rings. The lowest BCUT2D eigenvalue weighted by molar-refractivity contribution is 0.392. The quantitative estimate of drug-likeness (QED) is 0.942. The van der Waals surface area contributed by atoms with Gasteiger partial charge in [-0.2, -0.15) is 5.26 Å². The zero-order valence-corrected chi connectivity index (χ0v) is 11.7. The van der Waals surface area contributed by atoms with Crippen LogP contribution in [0.25, 0.3) is 0 Å². The number of nitriles is 1. The van der Waals surface area contributed by atoms with Crippen LogP contribution in [-0.4, -0.2) is 5.16 Å². The molecule has 2 rings (SSSR count). The Labute approximate surface area is 114 Å². The van der Waals surface area contributed by atoms with Gasteiger partial charge in [0.1, 0.15) is 11.8 Å². The van der Waals surface area contributed by atoms with Crippen molar-refractivity contribution in [2.45, 2.75) is 20.4 Å². The molecule has 1 heterocycles. The first-order valence-corrected chi connectivity index (χ1v) is 6.26. The van der Waals surface area contributed by atoms with Crippen LogP contribution in [0, 0.1) is 25.2 Å². The third-order valence-electron chi connectivity index (χ3n) is 2.74. The Balaban J connectivity index is 2.19. The first-order valence-electron chi connectivity index (χ1n) is 5.47. The van der Waals surface area contributed by atoms with Gasteiger partial charge in [-0.05, 0) is 32.0 Å². The standard InChI is InChI=1S/C13H12BrN3O/c1-8-12(9(2)18-17-8)7-16-13-4-3-11(14)5-10(13)6-15/h3-5,16H,7H2,1-2H3. The van der Waals surface area contributed by atoms with E-state index in [2.05, 4.69) is 32.5 Å². The summed E-state index contributed by atoms with van der Waals surface area (Å²) in [5.74, 6) is 0.801. The maximum atomic E-state index is 9.07. The average Bonchev–Trinajstić information content (AvgIpc) is 2.68. The number of aromatic nitrogens is 1. The molecule has 18 heavy (non-hydrogen) atoms. The van der Waals surface area contributed by atoms with E-state index < -0.39 is 0 Å². The minimum Gasteiger partial charge on any atom is -0.380 e. The van der Waals surface area contributed by atoms with Crippen LogP contribution < -0.4 is 5.32 Å². The fourth-order valence-corrected chi connectivity index (χ4v) is 2.06. The van der Waals surface area contributed by atoms with Crippen molar-refractivity contribution in [1.82, 2.24) is 5.16 Å². The largest absolute Gasteiger partial charge is 0.380 e. The number of anilines is 1. The van der Waals surface area contributed by atoms with Crippen molar-refractivity contribution < 1.29 is 4.52 Å². The smallest absolute Gasteiger partial charge is 0.138 e. The van der Waals surface area contributed by atoms with Gasteiger partial charge in [-0.1, -0.05) is 21.1 Å². The monoisotopic (exact) mass is 305 g/mol. The van der Waals surface area contributed by atoms with Crippen LogP contribution >= 0.6 is 15.9 Å². The Morgan fingerprint density at radius 2 is 2.22 bits per heavy atom. The summed E-state index contributed by atoms with van der Waals surface area (Å²) >= 11 is 3.35. The molecule has 0 bridgehead atoms. The van der Waals surface area contributed by atoms with Crippen LogP contribution in [-0.2, 0) is 6.54 Å². The van der Waals surface area contributed by atoms with E-state index in [1.54, 1.807) is 6.07 Å². The number of aryl methyl sites for hydroxylation is 2. The highest BCUT2D eigenvalue weighted by Crippen LogP contribution is 2.22. The molecule has 0 unspecified atom stereocenters. The van der Waals surface area contributed by atoms with E-state index in [0.717, 1.165) is 27.2 Å². The molecule has 1 aromatic heterocycles. The van der Waals surface area contributed by atoms with Crippen molar-refractivity contribution in [3.63, 3.8) is 0 Å². The van der Waals surface area contributed by atoms with Crippen LogP contribution in [0.3, 0.4) is 0 Å². The van der Waals surface area contributed by atoms with Crippen molar-refractivity contribution in [3.05, 3.63) is 45.3 Å². The lowest BCUT2D eigenvalue weighted by Gasteiger charge is -2.08. The summed E-state index contributed by atoms with van der Waals surface area (Å²) in [7, 11) is 0. The number of hydrogen-bond donors (Lipinski definition) is 1. The van der Waals surface area contributed by atoms with Gasteiger partial charge in [-0.3, -0.25) is 0 Å². The summed E-state index contributed by atoms with van der Waals surface area (Å²) in [5.41, 5.74) is 3.31. The molecule has 0 aliphatic carbocycles. The average molecular weight is 306 g/mol. The van der Waals surface area contributed by atoms with E-state index in [1.165, 1.54) is 0 Å². The van der Waals surface area contributed by atoms with Gasteiger partial charge in [0.15, 0.2) is 0 Å². The maximum absolute atomic E-state index is 9.07. The summed E-state index contributed by atoms with van der Waals surface area (Å²) < 4.78 is 5.99. The minimum absolute atomic E-state index is 0.595. The SMILES string of the molecule is Cc1noc(C)c1CNc1ccc(Br)cc1C#N. The number of nitrogens with zero attached hydrogens (tertiary/aromatic N) is 2. The van der Waals surface area contributed by atoms with Gasteiger partial charge in [-0.25, -0.2) is 0 Å². The number of nitrogens with one attached hydrogen (secondary N) is 1. The van der Waals surface area contributed by atoms with Gasteiger partial charge in [0.05, 0.1) is 16.9 Å². The molecule has 0 atom stereocenters. The fraction of sp³-hybridized carbons (Fsp3) is 0.231. The van der Waals surface area contributed by atoms with Crippen molar-refractivity contribution in [2.75, 3.05) is 5.32 Å². The summed E-state index contributed by atoms with van der Waals surface area (Å²) in [6.07, 6.45) is 0. The lowest BCUT2D eigenvalue weighted by atomic mass is 10.1. The zero-order valence-electron chi connectivity index (χ0n) is 10.1. The Morgan fingerprint density at radius 1 is 1.44 bits per heavy atom. The van der Waals surface area contributed by atoms with Gasteiger partial charge in [0.25, 0.3) is 0 Å². The highest BCUT2D eigenvalue weighted by molar-refractivity contribution is 9.10. The number of hydrogen-bond acceptors (Lipinski definition) is 4. The maximum Gasteiger partial charge on any atom is 0.138 e. The molecule has 0 radical (unpaired) electrons. The highest BCUT2D eigenvalue weighted by atomic mass is 79.9. The van der Waals surface area contributed by atoms with Crippen LogP contribution in [0.15, 0.2) is 27.2 Å². The first kappa shape index (κ1) is 12.7. The first-order chi connectivity index (χ1) is 8.61. The second kappa shape index (κ2) is 5.23. The molecule has 92 valence electrons. The molecule has 0 saturated heterocycles. The number of rotatable bonds is 3. The Kier molecular flexibility index (Phi) is 3.68. The molecule has 1 N–H and O–H groups in total. The summed E-state index contributed by atoms with van der Waals surface area (Å²) in [5, 5.41) is 16.2. The van der Waals surface area contributed by atoms with Gasteiger partial charge in [-0.15, -0.1) is 0 Å². The van der Waals surface area contributed by atoms with Crippen LogP contribution in [0.2, 0.25) is 0 Å². The van der Waals surface area contributed by atoms with Gasteiger partial charge < -0.3 is 9.84 Å². The second-order valence-electron chi connectivity index (χ2n) is 3.96. The molecular weight excluding hydrogens is 294 g/mol.